The SMILES string of the molecule is CC(C)(C)C1(O)C=CC(CNc2ccccc2)=CC1. The number of rotatable bonds is 3. The van der Waals surface area contributed by atoms with Gasteiger partial charge in [0.15, 0.2) is 0 Å². The van der Waals surface area contributed by atoms with E-state index in [9.17, 15) is 5.11 Å². The van der Waals surface area contributed by atoms with E-state index in [2.05, 4.69) is 44.3 Å². The average Bonchev–Trinajstić information content (AvgIpc) is 2.38. The fourth-order valence-electron chi connectivity index (χ4n) is 2.12. The van der Waals surface area contributed by atoms with Crippen LogP contribution in [-0.4, -0.2) is 17.3 Å². The predicted molar refractivity (Wildman–Crippen MR) is 81.2 cm³/mol. The summed E-state index contributed by atoms with van der Waals surface area (Å²) in [6.07, 6.45) is 6.78. The molecular weight excluding hydrogens is 234 g/mol. The van der Waals surface area contributed by atoms with Gasteiger partial charge >= 0.3 is 0 Å². The molecule has 1 unspecified atom stereocenters. The van der Waals surface area contributed by atoms with Crippen LogP contribution in [0.15, 0.2) is 54.1 Å². The Bertz CT molecular complexity index is 482. The smallest absolute Gasteiger partial charge is 0.0913 e. The second kappa shape index (κ2) is 5.22. The molecule has 19 heavy (non-hydrogen) atoms. The molecule has 0 aromatic heterocycles. The Morgan fingerprint density at radius 3 is 2.42 bits per heavy atom. The highest BCUT2D eigenvalue weighted by Crippen LogP contribution is 2.37. The number of benzene rings is 1. The fourth-order valence-corrected chi connectivity index (χ4v) is 2.12. The monoisotopic (exact) mass is 257 g/mol. The third-order valence-corrected chi connectivity index (χ3v) is 3.82. The number of para-hydroxylation sites is 1. The normalized spacial score (nSPS) is 23.1. The van der Waals surface area contributed by atoms with Crippen molar-refractivity contribution in [2.45, 2.75) is 32.8 Å². The third kappa shape index (κ3) is 3.27. The second-order valence-electron chi connectivity index (χ2n) is 6.21. The van der Waals surface area contributed by atoms with Crippen molar-refractivity contribution in [2.75, 3.05) is 11.9 Å². The molecule has 1 aliphatic rings. The zero-order valence-corrected chi connectivity index (χ0v) is 12.0. The van der Waals surface area contributed by atoms with Gasteiger partial charge in [0, 0.05) is 12.2 Å². The molecule has 0 amide bonds. The molecule has 0 radical (unpaired) electrons. The Hall–Kier alpha value is -1.54. The molecule has 0 saturated carbocycles. The van der Waals surface area contributed by atoms with Gasteiger partial charge in [-0.1, -0.05) is 57.2 Å². The third-order valence-electron chi connectivity index (χ3n) is 3.82. The number of nitrogens with one attached hydrogen (secondary N) is 1. The van der Waals surface area contributed by atoms with Crippen LogP contribution in [0.2, 0.25) is 0 Å². The second-order valence-corrected chi connectivity index (χ2v) is 6.21. The first-order valence-corrected chi connectivity index (χ1v) is 6.80. The van der Waals surface area contributed by atoms with Crippen LogP contribution in [0.5, 0.6) is 0 Å². The van der Waals surface area contributed by atoms with E-state index in [0.717, 1.165) is 12.2 Å². The molecule has 0 bridgehead atoms. The van der Waals surface area contributed by atoms with E-state index in [1.54, 1.807) is 0 Å². The van der Waals surface area contributed by atoms with Crippen molar-refractivity contribution in [3.63, 3.8) is 0 Å². The quantitative estimate of drug-likeness (QED) is 0.864. The molecule has 1 aromatic rings. The molecule has 0 fully saturated rings. The lowest BCUT2D eigenvalue weighted by Gasteiger charge is -2.39. The van der Waals surface area contributed by atoms with Gasteiger partial charge < -0.3 is 10.4 Å². The van der Waals surface area contributed by atoms with Gasteiger partial charge in [-0.15, -0.1) is 0 Å². The first-order valence-electron chi connectivity index (χ1n) is 6.80. The summed E-state index contributed by atoms with van der Waals surface area (Å²) in [6, 6.07) is 10.2. The van der Waals surface area contributed by atoms with E-state index >= 15 is 0 Å². The molecule has 2 rings (SSSR count). The Morgan fingerprint density at radius 2 is 1.89 bits per heavy atom. The maximum atomic E-state index is 10.6. The van der Waals surface area contributed by atoms with Crippen LogP contribution in [0.3, 0.4) is 0 Å². The molecule has 1 atom stereocenters. The zero-order valence-electron chi connectivity index (χ0n) is 12.0. The van der Waals surface area contributed by atoms with E-state index in [0.29, 0.717) is 6.42 Å². The van der Waals surface area contributed by atoms with Crippen molar-refractivity contribution >= 4 is 5.69 Å². The lowest BCUT2D eigenvalue weighted by molar-refractivity contribution is -0.0121. The van der Waals surface area contributed by atoms with Gasteiger partial charge in [0.1, 0.15) is 0 Å². The highest BCUT2D eigenvalue weighted by molar-refractivity contribution is 5.45. The van der Waals surface area contributed by atoms with E-state index in [1.165, 1.54) is 5.57 Å². The van der Waals surface area contributed by atoms with Crippen molar-refractivity contribution in [3.05, 3.63) is 54.1 Å². The number of hydrogen-bond acceptors (Lipinski definition) is 2. The van der Waals surface area contributed by atoms with Gasteiger partial charge in [-0.3, -0.25) is 0 Å². The minimum atomic E-state index is -0.733. The summed E-state index contributed by atoms with van der Waals surface area (Å²) in [5.41, 5.74) is 1.47. The molecule has 1 aromatic carbocycles. The van der Waals surface area contributed by atoms with Crippen LogP contribution in [0.4, 0.5) is 5.69 Å². The molecule has 2 N–H and O–H groups in total. The Morgan fingerprint density at radius 1 is 1.21 bits per heavy atom. The van der Waals surface area contributed by atoms with E-state index < -0.39 is 5.60 Å². The van der Waals surface area contributed by atoms with Crippen LogP contribution >= 0.6 is 0 Å². The minimum Gasteiger partial charge on any atom is -0.385 e. The standard InChI is InChI=1S/C17H23NO/c1-16(2,3)17(19)11-9-14(10-12-17)13-18-15-7-5-4-6-8-15/h4-11,18-19H,12-13H2,1-3H3. The van der Waals surface area contributed by atoms with Gasteiger partial charge in [0.25, 0.3) is 0 Å². The molecule has 1 aliphatic carbocycles. The average molecular weight is 257 g/mol. The van der Waals surface area contributed by atoms with Crippen LogP contribution < -0.4 is 5.32 Å². The molecule has 2 nitrogen and oxygen atoms in total. The Kier molecular flexibility index (Phi) is 3.81. The van der Waals surface area contributed by atoms with Crippen molar-refractivity contribution in [2.24, 2.45) is 5.41 Å². The predicted octanol–water partition coefficient (Wildman–Crippen LogP) is 3.76. The molecule has 0 aliphatic heterocycles. The lowest BCUT2D eigenvalue weighted by Crippen LogP contribution is -2.41. The molecule has 0 spiro atoms. The summed E-state index contributed by atoms with van der Waals surface area (Å²) >= 11 is 0. The maximum Gasteiger partial charge on any atom is 0.0913 e. The highest BCUT2D eigenvalue weighted by atomic mass is 16.3. The van der Waals surface area contributed by atoms with E-state index in [-0.39, 0.29) is 5.41 Å². The van der Waals surface area contributed by atoms with Crippen molar-refractivity contribution in [1.29, 1.82) is 0 Å². The van der Waals surface area contributed by atoms with Gasteiger partial charge in [-0.05, 0) is 29.5 Å². The largest absolute Gasteiger partial charge is 0.385 e. The van der Waals surface area contributed by atoms with Crippen molar-refractivity contribution in [3.8, 4) is 0 Å². The van der Waals surface area contributed by atoms with Crippen molar-refractivity contribution in [1.82, 2.24) is 0 Å². The first kappa shape index (κ1) is 13.9. The molecule has 2 heteroatoms. The Balaban J connectivity index is 1.94. The molecular formula is C17H23NO. The highest BCUT2D eigenvalue weighted by Gasteiger charge is 2.37. The summed E-state index contributed by atoms with van der Waals surface area (Å²) < 4.78 is 0. The van der Waals surface area contributed by atoms with Crippen LogP contribution in [0, 0.1) is 5.41 Å². The Labute approximate surface area is 115 Å². The minimum absolute atomic E-state index is 0.140. The topological polar surface area (TPSA) is 32.3 Å². The summed E-state index contributed by atoms with van der Waals surface area (Å²) in [5, 5.41) is 13.9. The summed E-state index contributed by atoms with van der Waals surface area (Å²) in [4.78, 5) is 0. The van der Waals surface area contributed by atoms with E-state index in [4.69, 9.17) is 0 Å². The van der Waals surface area contributed by atoms with E-state index in [1.807, 2.05) is 30.4 Å². The summed E-state index contributed by atoms with van der Waals surface area (Å²) in [7, 11) is 0. The van der Waals surface area contributed by atoms with Gasteiger partial charge in [-0.2, -0.15) is 0 Å². The number of aliphatic hydroxyl groups is 1. The van der Waals surface area contributed by atoms with Crippen LogP contribution in [0.25, 0.3) is 0 Å². The number of anilines is 1. The number of hydrogen-bond donors (Lipinski definition) is 2. The summed E-state index contributed by atoms with van der Waals surface area (Å²) in [5.74, 6) is 0. The summed E-state index contributed by atoms with van der Waals surface area (Å²) in [6.45, 7) is 7.00. The first-order chi connectivity index (χ1) is 8.91. The van der Waals surface area contributed by atoms with Gasteiger partial charge in [0.05, 0.1) is 5.60 Å². The van der Waals surface area contributed by atoms with Gasteiger partial charge in [0.2, 0.25) is 0 Å². The molecule has 102 valence electrons. The lowest BCUT2D eigenvalue weighted by atomic mass is 9.72. The van der Waals surface area contributed by atoms with Crippen LogP contribution in [-0.2, 0) is 0 Å². The fraction of sp³-hybridized carbons (Fsp3) is 0.412. The maximum absolute atomic E-state index is 10.6. The van der Waals surface area contributed by atoms with Gasteiger partial charge in [-0.25, -0.2) is 0 Å². The van der Waals surface area contributed by atoms with Crippen molar-refractivity contribution < 1.29 is 5.11 Å². The molecule has 0 heterocycles. The molecule has 0 saturated heterocycles. The van der Waals surface area contributed by atoms with Crippen LogP contribution in [0.1, 0.15) is 27.2 Å². The zero-order chi connectivity index (χ0) is 13.9.